The van der Waals surface area contributed by atoms with Gasteiger partial charge in [-0.05, 0) is 19.6 Å². The molecule has 0 bridgehead atoms. The fraction of sp³-hybridized carbons (Fsp3) is 0.700. The molecule has 1 atom stereocenters. The highest BCUT2D eigenvalue weighted by molar-refractivity contribution is 7.99. The first-order valence-corrected chi connectivity index (χ1v) is 7.10. The van der Waals surface area contributed by atoms with Crippen molar-refractivity contribution in [2.75, 3.05) is 30.1 Å². The van der Waals surface area contributed by atoms with Gasteiger partial charge < -0.3 is 10.1 Å². The molecule has 0 aromatic carbocycles. The molecular formula is C10H20N6OS. The van der Waals surface area contributed by atoms with Gasteiger partial charge in [-0.1, -0.05) is 6.92 Å². The molecule has 8 heteroatoms. The normalized spacial score (nSPS) is 12.0. The Morgan fingerprint density at radius 2 is 2.06 bits per heavy atom. The number of thioether (sulfide) groups is 1. The molecule has 0 aliphatic rings. The zero-order valence-electron chi connectivity index (χ0n) is 10.9. The van der Waals surface area contributed by atoms with Gasteiger partial charge in [0.05, 0.1) is 6.61 Å². The Hall–Kier alpha value is -1.28. The molecule has 0 aliphatic carbocycles. The summed E-state index contributed by atoms with van der Waals surface area (Å²) in [4.78, 5) is 12.2. The van der Waals surface area contributed by atoms with Crippen molar-refractivity contribution in [1.29, 1.82) is 0 Å². The lowest BCUT2D eigenvalue weighted by molar-refractivity contribution is 0.312. The second-order valence-corrected chi connectivity index (χ2v) is 4.88. The Balaban J connectivity index is 2.60. The highest BCUT2D eigenvalue weighted by Gasteiger charge is 2.06. The molecule has 1 aromatic rings. The lowest BCUT2D eigenvalue weighted by atomic mass is 10.3. The number of aromatic nitrogens is 3. The van der Waals surface area contributed by atoms with Crippen LogP contribution in [0.15, 0.2) is 0 Å². The van der Waals surface area contributed by atoms with E-state index in [1.54, 1.807) is 0 Å². The van der Waals surface area contributed by atoms with Gasteiger partial charge in [-0.2, -0.15) is 26.7 Å². The number of hydrogen-bond acceptors (Lipinski definition) is 8. The summed E-state index contributed by atoms with van der Waals surface area (Å²) >= 11 is 1.83. The molecular weight excluding hydrogens is 252 g/mol. The topological polar surface area (TPSA) is 98.0 Å². The van der Waals surface area contributed by atoms with Gasteiger partial charge in [0, 0.05) is 11.8 Å². The van der Waals surface area contributed by atoms with Crippen LogP contribution in [0, 0.1) is 0 Å². The predicted octanol–water partition coefficient (Wildman–Crippen LogP) is 1.11. The van der Waals surface area contributed by atoms with E-state index in [1.165, 1.54) is 0 Å². The van der Waals surface area contributed by atoms with Crippen LogP contribution in [-0.4, -0.2) is 39.6 Å². The molecule has 1 rings (SSSR count). The number of ether oxygens (including phenoxy) is 1. The molecule has 1 heterocycles. The summed E-state index contributed by atoms with van der Waals surface area (Å²) in [5, 5.41) is 3.73. The van der Waals surface area contributed by atoms with Gasteiger partial charge >= 0.3 is 6.01 Å². The Bertz CT molecular complexity index is 364. The minimum atomic E-state index is 0.265. The zero-order chi connectivity index (χ0) is 13.4. The molecule has 0 aliphatic heterocycles. The van der Waals surface area contributed by atoms with Gasteiger partial charge in [0.25, 0.3) is 0 Å². The van der Waals surface area contributed by atoms with E-state index in [0.717, 1.165) is 13.0 Å². The van der Waals surface area contributed by atoms with Gasteiger partial charge in [0.1, 0.15) is 0 Å². The fourth-order valence-electron chi connectivity index (χ4n) is 1.20. The maximum absolute atomic E-state index is 5.29. The third kappa shape index (κ3) is 4.92. The molecule has 7 nitrogen and oxygen atoms in total. The third-order valence-corrected chi connectivity index (χ3v) is 3.29. The number of nitrogen functional groups attached to an aromatic ring is 1. The maximum atomic E-state index is 5.29. The molecule has 0 fully saturated rings. The second kappa shape index (κ2) is 7.93. The van der Waals surface area contributed by atoms with E-state index in [9.17, 15) is 0 Å². The SMILES string of the molecule is CCOc1nc(NN)nc(NCCC(C)SC)n1. The number of hydrogen-bond donors (Lipinski definition) is 3. The van der Waals surface area contributed by atoms with Crippen molar-refractivity contribution in [3.05, 3.63) is 0 Å². The van der Waals surface area contributed by atoms with Crippen molar-refractivity contribution in [1.82, 2.24) is 15.0 Å². The largest absolute Gasteiger partial charge is 0.464 e. The van der Waals surface area contributed by atoms with Gasteiger partial charge in [0.15, 0.2) is 0 Å². The molecule has 18 heavy (non-hydrogen) atoms. The molecule has 102 valence electrons. The van der Waals surface area contributed by atoms with E-state index in [1.807, 2.05) is 18.7 Å². The van der Waals surface area contributed by atoms with Crippen molar-refractivity contribution in [2.24, 2.45) is 5.84 Å². The average molecular weight is 272 g/mol. The number of nitrogens with one attached hydrogen (secondary N) is 2. The van der Waals surface area contributed by atoms with E-state index in [-0.39, 0.29) is 12.0 Å². The first kappa shape index (κ1) is 14.8. The molecule has 0 radical (unpaired) electrons. The Morgan fingerprint density at radius 3 is 2.67 bits per heavy atom. The summed E-state index contributed by atoms with van der Waals surface area (Å²) in [5.74, 6) is 6.05. The minimum Gasteiger partial charge on any atom is -0.464 e. The quantitative estimate of drug-likeness (QED) is 0.478. The van der Waals surface area contributed by atoms with Crippen LogP contribution < -0.4 is 21.3 Å². The van der Waals surface area contributed by atoms with E-state index >= 15 is 0 Å². The van der Waals surface area contributed by atoms with E-state index < -0.39 is 0 Å². The summed E-state index contributed by atoms with van der Waals surface area (Å²) in [6.07, 6.45) is 3.12. The Labute approximate surface area is 111 Å². The van der Waals surface area contributed by atoms with Crippen molar-refractivity contribution in [2.45, 2.75) is 25.5 Å². The van der Waals surface area contributed by atoms with Crippen LogP contribution in [-0.2, 0) is 0 Å². The van der Waals surface area contributed by atoms with E-state index in [0.29, 0.717) is 17.8 Å². The van der Waals surface area contributed by atoms with E-state index in [2.05, 4.69) is 38.9 Å². The van der Waals surface area contributed by atoms with Crippen molar-refractivity contribution >= 4 is 23.7 Å². The molecule has 0 spiro atoms. The average Bonchev–Trinajstić information content (AvgIpc) is 2.38. The van der Waals surface area contributed by atoms with Crippen molar-refractivity contribution in [3.63, 3.8) is 0 Å². The summed E-state index contributed by atoms with van der Waals surface area (Å²) in [6, 6.07) is 0.265. The highest BCUT2D eigenvalue weighted by Crippen LogP contribution is 2.12. The first-order chi connectivity index (χ1) is 8.69. The fourth-order valence-corrected chi connectivity index (χ4v) is 1.55. The lowest BCUT2D eigenvalue weighted by Crippen LogP contribution is -2.15. The van der Waals surface area contributed by atoms with Crippen LogP contribution in [0.3, 0.4) is 0 Å². The summed E-state index contributed by atoms with van der Waals surface area (Å²) in [6.45, 7) is 5.34. The monoisotopic (exact) mass is 272 g/mol. The Morgan fingerprint density at radius 1 is 1.33 bits per heavy atom. The maximum Gasteiger partial charge on any atom is 0.323 e. The standard InChI is InChI=1S/C10H20N6OS/c1-4-17-10-14-8(13-9(15-10)16-11)12-6-5-7(2)18-3/h7H,4-6,11H2,1-3H3,(H2,12,13,14,15,16). The van der Waals surface area contributed by atoms with Crippen LogP contribution in [0.4, 0.5) is 11.9 Å². The highest BCUT2D eigenvalue weighted by atomic mass is 32.2. The van der Waals surface area contributed by atoms with Crippen LogP contribution in [0.5, 0.6) is 6.01 Å². The third-order valence-electron chi connectivity index (χ3n) is 2.25. The van der Waals surface area contributed by atoms with Crippen LogP contribution in [0.1, 0.15) is 20.3 Å². The molecule has 0 saturated heterocycles. The summed E-state index contributed by atoms with van der Waals surface area (Å²) in [5.41, 5.74) is 2.39. The smallest absolute Gasteiger partial charge is 0.323 e. The Kier molecular flexibility index (Phi) is 6.51. The van der Waals surface area contributed by atoms with Gasteiger partial charge in [0.2, 0.25) is 11.9 Å². The van der Waals surface area contributed by atoms with E-state index in [4.69, 9.17) is 10.6 Å². The molecule has 1 unspecified atom stereocenters. The van der Waals surface area contributed by atoms with Gasteiger partial charge in [-0.15, -0.1) is 0 Å². The van der Waals surface area contributed by atoms with Gasteiger partial charge in [-0.25, -0.2) is 5.84 Å². The molecule has 1 aromatic heterocycles. The molecule has 0 amide bonds. The first-order valence-electron chi connectivity index (χ1n) is 5.81. The van der Waals surface area contributed by atoms with Gasteiger partial charge in [-0.3, -0.25) is 5.43 Å². The van der Waals surface area contributed by atoms with Crippen molar-refractivity contribution in [3.8, 4) is 6.01 Å². The predicted molar refractivity (Wildman–Crippen MR) is 74.9 cm³/mol. The number of rotatable bonds is 8. The number of nitrogens with two attached hydrogens (primary N) is 1. The minimum absolute atomic E-state index is 0.265. The molecule has 0 saturated carbocycles. The van der Waals surface area contributed by atoms with Crippen LogP contribution in [0.25, 0.3) is 0 Å². The summed E-state index contributed by atoms with van der Waals surface area (Å²) < 4.78 is 5.24. The van der Waals surface area contributed by atoms with Crippen LogP contribution in [0.2, 0.25) is 0 Å². The van der Waals surface area contributed by atoms with Crippen LogP contribution >= 0.6 is 11.8 Å². The molecule has 4 N–H and O–H groups in total. The zero-order valence-corrected chi connectivity index (χ0v) is 11.8. The number of nitrogens with zero attached hydrogens (tertiary/aromatic N) is 3. The number of hydrazine groups is 1. The summed E-state index contributed by atoms with van der Waals surface area (Å²) in [7, 11) is 0. The van der Waals surface area contributed by atoms with Crippen molar-refractivity contribution < 1.29 is 4.74 Å². The lowest BCUT2D eigenvalue weighted by Gasteiger charge is -2.10. The number of anilines is 2. The second-order valence-electron chi connectivity index (χ2n) is 3.60.